The van der Waals surface area contributed by atoms with E-state index in [1.54, 1.807) is 0 Å². The average molecular weight is 277 g/mol. The molecule has 1 nitrogen and oxygen atoms in total. The molecule has 5 rings (SSSR count). The van der Waals surface area contributed by atoms with E-state index in [0.29, 0.717) is 0 Å². The maximum absolute atomic E-state index is 6.76. The molecule has 0 aromatic heterocycles. The molecule has 3 aliphatic rings. The van der Waals surface area contributed by atoms with Crippen LogP contribution in [0.3, 0.4) is 0 Å². The molecule has 108 valence electrons. The van der Waals surface area contributed by atoms with E-state index in [-0.39, 0.29) is 6.04 Å². The van der Waals surface area contributed by atoms with Crippen molar-refractivity contribution in [1.82, 2.24) is 0 Å². The third-order valence-corrected chi connectivity index (χ3v) is 6.74. The highest BCUT2D eigenvalue weighted by Gasteiger charge is 2.66. The lowest BCUT2D eigenvalue weighted by molar-refractivity contribution is 0.419. The molecule has 2 aromatic rings. The fraction of sp³-hybridized carbons (Fsp3) is 0.500. The summed E-state index contributed by atoms with van der Waals surface area (Å²) >= 11 is 0. The van der Waals surface area contributed by atoms with Crippen molar-refractivity contribution in [2.24, 2.45) is 35.3 Å². The van der Waals surface area contributed by atoms with Gasteiger partial charge in [0.2, 0.25) is 0 Å². The zero-order valence-corrected chi connectivity index (χ0v) is 12.6. The summed E-state index contributed by atoms with van der Waals surface area (Å²) in [4.78, 5) is 0. The second-order valence-electron chi connectivity index (χ2n) is 7.61. The maximum atomic E-state index is 6.76. The van der Waals surface area contributed by atoms with Crippen molar-refractivity contribution < 1.29 is 0 Å². The SMILES string of the molecule is Cc1ccc(C(N)C2C3C4CCC(C4)C32)c2ccccc12. The first-order chi connectivity index (χ1) is 10.3. The van der Waals surface area contributed by atoms with Crippen molar-refractivity contribution in [3.63, 3.8) is 0 Å². The molecule has 2 bridgehead atoms. The Morgan fingerprint density at radius 2 is 1.62 bits per heavy atom. The summed E-state index contributed by atoms with van der Waals surface area (Å²) in [6, 6.07) is 13.6. The van der Waals surface area contributed by atoms with Gasteiger partial charge >= 0.3 is 0 Å². The van der Waals surface area contributed by atoms with E-state index in [0.717, 1.165) is 29.6 Å². The van der Waals surface area contributed by atoms with Crippen LogP contribution in [-0.4, -0.2) is 0 Å². The molecule has 2 aromatic carbocycles. The fourth-order valence-electron chi connectivity index (χ4n) is 5.84. The minimum absolute atomic E-state index is 0.244. The van der Waals surface area contributed by atoms with E-state index in [2.05, 4.69) is 43.3 Å². The highest BCUT2D eigenvalue weighted by atomic mass is 14.8. The van der Waals surface area contributed by atoms with Gasteiger partial charge in [-0.25, -0.2) is 0 Å². The second kappa shape index (κ2) is 4.10. The van der Waals surface area contributed by atoms with Gasteiger partial charge in [-0.3, -0.25) is 0 Å². The van der Waals surface area contributed by atoms with Crippen LogP contribution in [0, 0.1) is 36.5 Å². The monoisotopic (exact) mass is 277 g/mol. The first-order valence-electron chi connectivity index (χ1n) is 8.49. The minimum Gasteiger partial charge on any atom is -0.324 e. The number of aryl methyl sites for hydroxylation is 1. The number of benzene rings is 2. The van der Waals surface area contributed by atoms with E-state index in [1.807, 2.05) is 0 Å². The Labute approximate surface area is 126 Å². The van der Waals surface area contributed by atoms with Crippen molar-refractivity contribution >= 4 is 10.8 Å². The molecule has 0 amide bonds. The molecule has 3 aliphatic carbocycles. The Morgan fingerprint density at radius 3 is 2.33 bits per heavy atom. The van der Waals surface area contributed by atoms with Crippen molar-refractivity contribution in [1.29, 1.82) is 0 Å². The molecule has 0 spiro atoms. The summed E-state index contributed by atoms with van der Waals surface area (Å²) in [5.74, 6) is 4.69. The number of hydrogen-bond acceptors (Lipinski definition) is 1. The molecular formula is C20H23N. The molecule has 0 aliphatic heterocycles. The van der Waals surface area contributed by atoms with Gasteiger partial charge in [-0.15, -0.1) is 0 Å². The lowest BCUT2D eigenvalue weighted by Crippen LogP contribution is -2.18. The summed E-state index contributed by atoms with van der Waals surface area (Å²) in [5, 5.41) is 2.75. The number of nitrogens with two attached hydrogens (primary N) is 1. The van der Waals surface area contributed by atoms with Crippen LogP contribution in [0.5, 0.6) is 0 Å². The predicted octanol–water partition coefficient (Wildman–Crippen LogP) is 4.44. The van der Waals surface area contributed by atoms with Crippen LogP contribution >= 0.6 is 0 Å². The normalized spacial score (nSPS) is 37.7. The third-order valence-electron chi connectivity index (χ3n) is 6.74. The van der Waals surface area contributed by atoms with Gasteiger partial charge in [0.25, 0.3) is 0 Å². The largest absolute Gasteiger partial charge is 0.324 e. The van der Waals surface area contributed by atoms with Crippen molar-refractivity contribution in [3.8, 4) is 0 Å². The zero-order valence-electron chi connectivity index (χ0n) is 12.6. The molecule has 3 saturated carbocycles. The molecule has 1 heteroatoms. The van der Waals surface area contributed by atoms with E-state index in [1.165, 1.54) is 41.2 Å². The Bertz CT molecular complexity index is 703. The minimum atomic E-state index is 0.244. The molecule has 3 fully saturated rings. The van der Waals surface area contributed by atoms with Gasteiger partial charge in [-0.1, -0.05) is 36.4 Å². The number of hydrogen-bond donors (Lipinski definition) is 1. The molecule has 0 saturated heterocycles. The molecule has 0 heterocycles. The van der Waals surface area contributed by atoms with Crippen LogP contribution in [0.4, 0.5) is 0 Å². The van der Waals surface area contributed by atoms with Crippen LogP contribution < -0.4 is 5.73 Å². The second-order valence-corrected chi connectivity index (χ2v) is 7.61. The zero-order chi connectivity index (χ0) is 14.1. The van der Waals surface area contributed by atoms with Gasteiger partial charge in [0, 0.05) is 6.04 Å². The van der Waals surface area contributed by atoms with E-state index < -0.39 is 0 Å². The molecular weight excluding hydrogens is 254 g/mol. The van der Waals surface area contributed by atoms with Gasteiger partial charge in [0.1, 0.15) is 0 Å². The predicted molar refractivity (Wildman–Crippen MR) is 86.9 cm³/mol. The van der Waals surface area contributed by atoms with Gasteiger partial charge in [0.15, 0.2) is 0 Å². The van der Waals surface area contributed by atoms with Crippen molar-refractivity contribution in [3.05, 3.63) is 47.5 Å². The average Bonchev–Trinajstić information content (AvgIpc) is 2.95. The van der Waals surface area contributed by atoms with Crippen molar-refractivity contribution in [2.75, 3.05) is 0 Å². The highest BCUT2D eigenvalue weighted by molar-refractivity contribution is 5.89. The Balaban J connectivity index is 1.55. The van der Waals surface area contributed by atoms with Crippen LogP contribution in [0.2, 0.25) is 0 Å². The molecule has 2 N–H and O–H groups in total. The van der Waals surface area contributed by atoms with E-state index in [9.17, 15) is 0 Å². The van der Waals surface area contributed by atoms with E-state index in [4.69, 9.17) is 5.73 Å². The lowest BCUT2D eigenvalue weighted by atomic mass is 9.89. The molecule has 0 radical (unpaired) electrons. The van der Waals surface area contributed by atoms with Gasteiger partial charge < -0.3 is 5.73 Å². The Morgan fingerprint density at radius 1 is 0.952 bits per heavy atom. The standard InChI is InChI=1S/C20H23N/c1-11-6-9-16(15-5-3-2-4-14(11)15)20(21)19-17-12-7-8-13(10-12)18(17)19/h2-6,9,12-13,17-20H,7-8,10,21H2,1H3. The highest BCUT2D eigenvalue weighted by Crippen LogP contribution is 2.71. The van der Waals surface area contributed by atoms with Gasteiger partial charge in [0.05, 0.1) is 0 Å². The van der Waals surface area contributed by atoms with Crippen LogP contribution in [0.1, 0.15) is 36.4 Å². The summed E-state index contributed by atoms with van der Waals surface area (Å²) in [6.07, 6.45) is 4.46. The topological polar surface area (TPSA) is 26.0 Å². The molecule has 5 unspecified atom stereocenters. The van der Waals surface area contributed by atoms with Crippen LogP contribution in [0.25, 0.3) is 10.8 Å². The number of rotatable bonds is 2. The van der Waals surface area contributed by atoms with Crippen LogP contribution in [0.15, 0.2) is 36.4 Å². The van der Waals surface area contributed by atoms with Gasteiger partial charge in [-0.2, -0.15) is 0 Å². The smallest absolute Gasteiger partial charge is 0.0335 e. The summed E-state index contributed by atoms with van der Waals surface area (Å²) in [5.41, 5.74) is 9.50. The summed E-state index contributed by atoms with van der Waals surface area (Å²) in [7, 11) is 0. The van der Waals surface area contributed by atoms with Crippen LogP contribution in [-0.2, 0) is 0 Å². The first-order valence-corrected chi connectivity index (χ1v) is 8.49. The van der Waals surface area contributed by atoms with Crippen molar-refractivity contribution in [2.45, 2.75) is 32.2 Å². The Kier molecular flexibility index (Phi) is 2.39. The maximum Gasteiger partial charge on any atom is 0.0335 e. The Hall–Kier alpha value is -1.34. The number of fused-ring (bicyclic) bond motifs is 6. The quantitative estimate of drug-likeness (QED) is 0.863. The van der Waals surface area contributed by atoms with Gasteiger partial charge in [-0.05, 0) is 77.7 Å². The first kappa shape index (κ1) is 12.2. The molecule has 5 atom stereocenters. The lowest BCUT2D eigenvalue weighted by Gasteiger charge is -2.19. The third kappa shape index (κ3) is 1.56. The summed E-state index contributed by atoms with van der Waals surface area (Å²) in [6.45, 7) is 2.20. The van der Waals surface area contributed by atoms with E-state index >= 15 is 0 Å². The molecule has 21 heavy (non-hydrogen) atoms. The fourth-order valence-corrected chi connectivity index (χ4v) is 5.84. The summed E-state index contributed by atoms with van der Waals surface area (Å²) < 4.78 is 0.